The van der Waals surface area contributed by atoms with Gasteiger partial charge in [-0.25, -0.2) is 27.2 Å². The molecule has 2 aromatic heterocycles. The third-order valence-electron chi connectivity index (χ3n) is 6.74. The van der Waals surface area contributed by atoms with Crippen molar-refractivity contribution in [2.24, 2.45) is 0 Å². The normalized spacial score (nSPS) is 18.6. The Morgan fingerprint density at radius 2 is 2.00 bits per heavy atom. The summed E-state index contributed by atoms with van der Waals surface area (Å²) in [5.41, 5.74) is 9.16. The Bertz CT molecular complexity index is 1530. The molecule has 10 nitrogen and oxygen atoms in total. The number of rotatable bonds is 9. The van der Waals surface area contributed by atoms with Crippen molar-refractivity contribution in [3.8, 4) is 17.0 Å². The molecule has 5 rings (SSSR count). The molecular weight excluding hydrogens is 530 g/mol. The second-order valence-electron chi connectivity index (χ2n) is 9.35. The van der Waals surface area contributed by atoms with Crippen LogP contribution in [0.3, 0.4) is 0 Å². The number of sulfonamides is 1. The number of nitrogens with two attached hydrogens (primary N) is 1. The van der Waals surface area contributed by atoms with E-state index in [-0.39, 0.29) is 18.0 Å². The molecule has 3 aromatic rings. The third-order valence-corrected chi connectivity index (χ3v) is 8.17. The number of ether oxygens (including phenoxy) is 2. The zero-order valence-electron chi connectivity index (χ0n) is 21.4. The molecule has 0 spiro atoms. The van der Waals surface area contributed by atoms with Crippen LogP contribution in [0.15, 0.2) is 53.3 Å². The van der Waals surface area contributed by atoms with Gasteiger partial charge in [-0.1, -0.05) is 12.1 Å². The molecule has 1 atom stereocenters. The van der Waals surface area contributed by atoms with Crippen LogP contribution in [-0.4, -0.2) is 74.0 Å². The number of anilines is 2. The quantitative estimate of drug-likeness (QED) is 0.407. The number of fused-ring (bicyclic) bond motifs is 1. The molecule has 3 heterocycles. The van der Waals surface area contributed by atoms with E-state index >= 15 is 0 Å². The van der Waals surface area contributed by atoms with E-state index in [1.807, 2.05) is 22.8 Å². The van der Waals surface area contributed by atoms with Crippen molar-refractivity contribution in [2.75, 3.05) is 50.4 Å². The van der Waals surface area contributed by atoms with E-state index in [9.17, 15) is 17.2 Å². The Kier molecular flexibility index (Phi) is 7.82. The lowest BCUT2D eigenvalue weighted by atomic mass is 10.1. The number of pyridine rings is 1. The summed E-state index contributed by atoms with van der Waals surface area (Å²) in [4.78, 5) is 10.5. The number of imidazole rings is 1. The Morgan fingerprint density at radius 3 is 2.74 bits per heavy atom. The fraction of sp³-hybridized carbons (Fsp3) is 0.385. The number of allylic oxidation sites excluding steroid dienone is 3. The van der Waals surface area contributed by atoms with Crippen LogP contribution in [0.1, 0.15) is 12.8 Å². The Balaban J connectivity index is 1.41. The fourth-order valence-electron chi connectivity index (χ4n) is 4.74. The van der Waals surface area contributed by atoms with Crippen LogP contribution in [0, 0.1) is 0 Å². The lowest BCUT2D eigenvalue weighted by Gasteiger charge is -2.26. The molecule has 1 aliphatic heterocycles. The Hall–Kier alpha value is -3.55. The molecule has 0 radical (unpaired) electrons. The highest BCUT2D eigenvalue weighted by Crippen LogP contribution is 2.34. The average molecular weight is 561 g/mol. The maximum Gasteiger partial charge on any atom is 0.264 e. The van der Waals surface area contributed by atoms with Crippen molar-refractivity contribution < 1.29 is 26.7 Å². The summed E-state index contributed by atoms with van der Waals surface area (Å²) in [5, 5.41) is 0. The van der Waals surface area contributed by atoms with Gasteiger partial charge in [0.2, 0.25) is 11.8 Å². The number of hydrogen-bond acceptors (Lipinski definition) is 8. The maximum atomic E-state index is 14.3. The molecule has 1 unspecified atom stereocenters. The van der Waals surface area contributed by atoms with Gasteiger partial charge < -0.3 is 19.8 Å². The van der Waals surface area contributed by atoms with E-state index in [1.165, 1.54) is 7.11 Å². The molecular formula is C26H30F2N6O4S. The summed E-state index contributed by atoms with van der Waals surface area (Å²) in [5.74, 6) is -0.726. The molecule has 13 heteroatoms. The zero-order valence-corrected chi connectivity index (χ0v) is 22.3. The summed E-state index contributed by atoms with van der Waals surface area (Å²) in [7, 11) is -3.01. The van der Waals surface area contributed by atoms with Crippen molar-refractivity contribution in [3.05, 3.63) is 53.3 Å². The van der Waals surface area contributed by atoms with Crippen molar-refractivity contribution in [1.82, 2.24) is 19.4 Å². The first kappa shape index (κ1) is 27.0. The molecule has 2 aliphatic rings. The van der Waals surface area contributed by atoms with Crippen molar-refractivity contribution >= 4 is 32.7 Å². The van der Waals surface area contributed by atoms with Crippen LogP contribution >= 0.6 is 0 Å². The van der Waals surface area contributed by atoms with Crippen LogP contribution in [-0.2, 0) is 21.3 Å². The first-order valence-electron chi connectivity index (χ1n) is 12.6. The largest absolute Gasteiger partial charge is 0.480 e. The molecule has 208 valence electrons. The lowest BCUT2D eigenvalue weighted by Crippen LogP contribution is -2.37. The highest BCUT2D eigenvalue weighted by molar-refractivity contribution is 7.96. The minimum atomic E-state index is -4.36. The molecule has 3 N–H and O–H groups in total. The number of methoxy groups -OCH3 is 1. The van der Waals surface area contributed by atoms with Crippen LogP contribution < -0.4 is 15.2 Å². The monoisotopic (exact) mass is 560 g/mol. The zero-order chi connectivity index (χ0) is 27.6. The van der Waals surface area contributed by atoms with Gasteiger partial charge in [-0.3, -0.25) is 9.62 Å². The number of benzene rings is 1. The average Bonchev–Trinajstić information content (AvgIpc) is 3.23. The van der Waals surface area contributed by atoms with Gasteiger partial charge in [-0.15, -0.1) is 0 Å². The van der Waals surface area contributed by atoms with Crippen LogP contribution in [0.5, 0.6) is 5.88 Å². The smallest absolute Gasteiger partial charge is 0.264 e. The summed E-state index contributed by atoms with van der Waals surface area (Å²) >= 11 is 0. The van der Waals surface area contributed by atoms with Gasteiger partial charge in [0.25, 0.3) is 10.0 Å². The van der Waals surface area contributed by atoms with Crippen LogP contribution in [0.25, 0.3) is 22.2 Å². The number of nitrogens with one attached hydrogen (secondary N) is 1. The van der Waals surface area contributed by atoms with Gasteiger partial charge in [0.05, 0.1) is 31.4 Å². The number of morpholine rings is 1. The summed E-state index contributed by atoms with van der Waals surface area (Å²) < 4.78 is 68.5. The highest BCUT2D eigenvalue weighted by atomic mass is 32.2. The second-order valence-corrected chi connectivity index (χ2v) is 11.0. The molecule has 0 saturated carbocycles. The number of halogens is 2. The summed E-state index contributed by atoms with van der Waals surface area (Å²) in [6, 6.07) is 7.15. The number of aromatic nitrogens is 3. The first-order chi connectivity index (χ1) is 18.7. The summed E-state index contributed by atoms with van der Waals surface area (Å²) in [6.07, 6.45) is 2.30. The molecule has 1 aliphatic carbocycles. The van der Waals surface area contributed by atoms with Gasteiger partial charge in [-0.2, -0.15) is 0 Å². The minimum absolute atomic E-state index is 0.00460. The third kappa shape index (κ3) is 5.89. The van der Waals surface area contributed by atoms with E-state index in [1.54, 1.807) is 12.3 Å². The van der Waals surface area contributed by atoms with Crippen LogP contribution in [0.2, 0.25) is 0 Å². The van der Waals surface area contributed by atoms with Gasteiger partial charge in [0.15, 0.2) is 0 Å². The molecule has 0 amide bonds. The molecule has 1 aromatic carbocycles. The number of alkyl halides is 1. The lowest BCUT2D eigenvalue weighted by molar-refractivity contribution is 0.0370. The number of aryl methyl sites for hydroxylation is 1. The minimum Gasteiger partial charge on any atom is -0.480 e. The van der Waals surface area contributed by atoms with Gasteiger partial charge in [-0.05, 0) is 36.3 Å². The Morgan fingerprint density at radius 1 is 1.21 bits per heavy atom. The number of nitrogens with zero attached hydrogens (tertiary/aromatic N) is 4. The van der Waals surface area contributed by atoms with E-state index in [0.717, 1.165) is 61.9 Å². The van der Waals surface area contributed by atoms with Crippen LogP contribution in [0.4, 0.5) is 20.4 Å². The highest BCUT2D eigenvalue weighted by Gasteiger charge is 2.27. The SMILES string of the molecule is COc1ncc(-c2ccc3nc(N)n(CCCN4CCOCC4)c3c2)cc1NS(=O)(=O)C1=CCC(F)C=C1F. The molecule has 39 heavy (non-hydrogen) atoms. The topological polar surface area (TPSA) is 125 Å². The number of nitrogen functional groups attached to an aromatic ring is 1. The van der Waals surface area contributed by atoms with Crippen molar-refractivity contribution in [1.29, 1.82) is 0 Å². The second kappa shape index (κ2) is 11.3. The molecule has 1 fully saturated rings. The molecule has 1 saturated heterocycles. The fourth-order valence-corrected chi connectivity index (χ4v) is 5.93. The van der Waals surface area contributed by atoms with Crippen molar-refractivity contribution in [2.45, 2.75) is 25.6 Å². The molecule has 0 bridgehead atoms. The van der Waals surface area contributed by atoms with E-state index in [2.05, 4.69) is 19.6 Å². The van der Waals surface area contributed by atoms with E-state index in [4.69, 9.17) is 15.2 Å². The number of hydrogen-bond donors (Lipinski definition) is 2. The van der Waals surface area contributed by atoms with E-state index < -0.39 is 26.9 Å². The van der Waals surface area contributed by atoms with Crippen molar-refractivity contribution in [3.63, 3.8) is 0 Å². The van der Waals surface area contributed by atoms with Gasteiger partial charge in [0.1, 0.15) is 22.6 Å². The predicted molar refractivity (Wildman–Crippen MR) is 145 cm³/mol. The van der Waals surface area contributed by atoms with E-state index in [0.29, 0.717) is 24.1 Å². The Labute approximate surface area is 225 Å². The van der Waals surface area contributed by atoms with Gasteiger partial charge >= 0.3 is 0 Å². The predicted octanol–water partition coefficient (Wildman–Crippen LogP) is 3.63. The summed E-state index contributed by atoms with van der Waals surface area (Å²) in [6.45, 7) is 4.92. The first-order valence-corrected chi connectivity index (χ1v) is 14.1. The van der Waals surface area contributed by atoms with Gasteiger partial charge in [0, 0.05) is 44.4 Å². The maximum absolute atomic E-state index is 14.3. The standard InChI is InChI=1S/C26H30F2N6O4S/c1-37-25-22(32-39(35,36)24-6-4-19(27)15-20(24)28)13-18(16-30-25)17-3-5-21-23(14-17)34(26(29)31-21)8-2-7-33-9-11-38-12-10-33/h3,5-6,13-16,19,32H,2,4,7-12H2,1H3,(H2,29,31).